The van der Waals surface area contributed by atoms with Gasteiger partial charge in [-0.2, -0.15) is 0 Å². The average Bonchev–Trinajstić information content (AvgIpc) is 3.13. The van der Waals surface area contributed by atoms with E-state index in [-0.39, 0.29) is 17.2 Å². The quantitative estimate of drug-likeness (QED) is 0.897. The van der Waals surface area contributed by atoms with Crippen molar-refractivity contribution in [2.24, 2.45) is 18.4 Å². The highest BCUT2D eigenvalue weighted by atomic mass is 32.2. The number of hydrogen-bond donors (Lipinski definition) is 2. The number of aryl methyl sites for hydroxylation is 1. The van der Waals surface area contributed by atoms with Crippen molar-refractivity contribution in [3.05, 3.63) is 36.7 Å². The Labute approximate surface area is 146 Å². The molecule has 2 N–H and O–H groups in total. The number of aromatic nitrogens is 2. The second kappa shape index (κ2) is 6.26. The number of piperidine rings is 1. The lowest BCUT2D eigenvalue weighted by Crippen LogP contribution is -2.31. The molecular weight excluding hydrogens is 320 g/mol. The molecule has 2 fully saturated rings. The molecule has 1 unspecified atom stereocenters. The first-order valence-electron chi connectivity index (χ1n) is 8.43. The minimum absolute atomic E-state index is 0.182. The summed E-state index contributed by atoms with van der Waals surface area (Å²) < 4.78 is 1.99. The largest absolute Gasteiger partial charge is 0.329 e. The van der Waals surface area contributed by atoms with Crippen LogP contribution in [0.2, 0.25) is 0 Å². The number of carbonyl (C=O) groups excluding carboxylic acids is 1. The second-order valence-corrected chi connectivity index (χ2v) is 7.85. The van der Waals surface area contributed by atoms with Gasteiger partial charge in [-0.25, -0.2) is 4.98 Å². The fourth-order valence-electron chi connectivity index (χ4n) is 3.59. The van der Waals surface area contributed by atoms with E-state index in [1.165, 1.54) is 0 Å². The molecule has 5 nitrogen and oxygen atoms in total. The number of benzene rings is 1. The topological polar surface area (TPSA) is 59.0 Å². The number of anilines is 1. The van der Waals surface area contributed by atoms with Crippen molar-refractivity contribution in [2.75, 3.05) is 18.4 Å². The SMILES string of the molecule is Cn1ccnc1Sc1ccc(NC(=O)C2CC23CCNCC3)cc1. The molecule has 1 aliphatic heterocycles. The van der Waals surface area contributed by atoms with Crippen LogP contribution < -0.4 is 10.6 Å². The molecule has 1 spiro atoms. The first-order valence-corrected chi connectivity index (χ1v) is 9.25. The van der Waals surface area contributed by atoms with Gasteiger partial charge in [0.15, 0.2) is 5.16 Å². The summed E-state index contributed by atoms with van der Waals surface area (Å²) in [4.78, 5) is 17.9. The molecule has 24 heavy (non-hydrogen) atoms. The number of rotatable bonds is 4. The first kappa shape index (κ1) is 15.7. The van der Waals surface area contributed by atoms with Gasteiger partial charge in [-0.05, 0) is 62.0 Å². The molecule has 1 aromatic carbocycles. The Morgan fingerprint density at radius 1 is 1.33 bits per heavy atom. The van der Waals surface area contributed by atoms with Crippen LogP contribution in [0.1, 0.15) is 19.3 Å². The molecule has 0 radical (unpaired) electrons. The van der Waals surface area contributed by atoms with Gasteiger partial charge < -0.3 is 15.2 Å². The normalized spacial score (nSPS) is 21.6. The highest BCUT2D eigenvalue weighted by Gasteiger charge is 2.57. The molecule has 0 bridgehead atoms. The Hall–Kier alpha value is -1.79. The van der Waals surface area contributed by atoms with Gasteiger partial charge in [-0.15, -0.1) is 0 Å². The molecule has 2 aliphatic rings. The predicted octanol–water partition coefficient (Wildman–Crippen LogP) is 2.90. The molecule has 2 heterocycles. The third kappa shape index (κ3) is 3.08. The van der Waals surface area contributed by atoms with Crippen LogP contribution in [0.15, 0.2) is 46.7 Å². The molecule has 1 saturated heterocycles. The van der Waals surface area contributed by atoms with Crippen molar-refractivity contribution in [1.29, 1.82) is 0 Å². The fourth-order valence-corrected chi connectivity index (χ4v) is 4.39. The van der Waals surface area contributed by atoms with E-state index in [2.05, 4.69) is 15.6 Å². The number of nitrogens with one attached hydrogen (secondary N) is 2. The minimum atomic E-state index is 0.182. The van der Waals surface area contributed by atoms with Crippen LogP contribution >= 0.6 is 11.8 Å². The fraction of sp³-hybridized carbons (Fsp3) is 0.444. The lowest BCUT2D eigenvalue weighted by Gasteiger charge is -2.23. The van der Waals surface area contributed by atoms with E-state index in [0.717, 1.165) is 48.1 Å². The molecular formula is C18H22N4OS. The molecule has 126 valence electrons. The smallest absolute Gasteiger partial charge is 0.228 e. The maximum absolute atomic E-state index is 12.5. The minimum Gasteiger partial charge on any atom is -0.329 e. The first-order chi connectivity index (χ1) is 11.7. The third-order valence-corrected chi connectivity index (χ3v) is 6.30. The number of nitrogens with zero attached hydrogens (tertiary/aromatic N) is 2. The van der Waals surface area contributed by atoms with E-state index in [0.29, 0.717) is 0 Å². The van der Waals surface area contributed by atoms with Gasteiger partial charge in [0, 0.05) is 35.9 Å². The molecule has 4 rings (SSSR count). The second-order valence-electron chi connectivity index (χ2n) is 6.81. The van der Waals surface area contributed by atoms with E-state index in [1.54, 1.807) is 18.0 Å². The van der Waals surface area contributed by atoms with E-state index in [1.807, 2.05) is 42.1 Å². The Bertz CT molecular complexity index is 734. The average molecular weight is 342 g/mol. The predicted molar refractivity (Wildman–Crippen MR) is 95.0 cm³/mol. The third-order valence-electron chi connectivity index (χ3n) is 5.21. The molecule has 1 amide bonds. The van der Waals surface area contributed by atoms with Crippen molar-refractivity contribution in [3.8, 4) is 0 Å². The van der Waals surface area contributed by atoms with Crippen LogP contribution in [0, 0.1) is 11.3 Å². The zero-order valence-electron chi connectivity index (χ0n) is 13.8. The molecule has 1 saturated carbocycles. The highest BCUT2D eigenvalue weighted by Crippen LogP contribution is 2.58. The van der Waals surface area contributed by atoms with Gasteiger partial charge in [0.1, 0.15) is 0 Å². The van der Waals surface area contributed by atoms with Crippen LogP contribution in [-0.4, -0.2) is 28.5 Å². The van der Waals surface area contributed by atoms with Crippen molar-refractivity contribution in [2.45, 2.75) is 29.3 Å². The summed E-state index contributed by atoms with van der Waals surface area (Å²) in [7, 11) is 1.98. The molecule has 1 aliphatic carbocycles. The molecule has 1 aromatic heterocycles. The maximum Gasteiger partial charge on any atom is 0.228 e. The van der Waals surface area contributed by atoms with E-state index in [4.69, 9.17) is 0 Å². The standard InChI is InChI=1S/C18H22N4OS/c1-22-11-10-20-17(22)24-14-4-2-13(3-5-14)21-16(23)15-12-18(15)6-8-19-9-7-18/h2-5,10-11,15,19H,6-9,12H2,1H3,(H,21,23). The molecule has 2 aromatic rings. The van der Waals surface area contributed by atoms with Gasteiger partial charge in [0.2, 0.25) is 5.91 Å². The van der Waals surface area contributed by atoms with E-state index >= 15 is 0 Å². The summed E-state index contributed by atoms with van der Waals surface area (Å²) >= 11 is 1.62. The maximum atomic E-state index is 12.5. The van der Waals surface area contributed by atoms with Crippen LogP contribution in [-0.2, 0) is 11.8 Å². The van der Waals surface area contributed by atoms with Crippen molar-refractivity contribution >= 4 is 23.4 Å². The Balaban J connectivity index is 1.36. The summed E-state index contributed by atoms with van der Waals surface area (Å²) in [5, 5.41) is 7.42. The number of carbonyl (C=O) groups is 1. The van der Waals surface area contributed by atoms with Crippen LogP contribution in [0.25, 0.3) is 0 Å². The number of hydrogen-bond acceptors (Lipinski definition) is 4. The van der Waals surface area contributed by atoms with Gasteiger partial charge in [-0.3, -0.25) is 4.79 Å². The lowest BCUT2D eigenvalue weighted by atomic mass is 9.92. The Morgan fingerprint density at radius 2 is 2.08 bits per heavy atom. The van der Waals surface area contributed by atoms with Crippen molar-refractivity contribution in [1.82, 2.24) is 14.9 Å². The molecule has 1 atom stereocenters. The highest BCUT2D eigenvalue weighted by molar-refractivity contribution is 7.99. The van der Waals surface area contributed by atoms with Crippen LogP contribution in [0.5, 0.6) is 0 Å². The summed E-state index contributed by atoms with van der Waals surface area (Å²) in [6.07, 6.45) is 7.04. The van der Waals surface area contributed by atoms with Gasteiger partial charge in [-0.1, -0.05) is 11.8 Å². The van der Waals surface area contributed by atoms with Crippen molar-refractivity contribution < 1.29 is 4.79 Å². The van der Waals surface area contributed by atoms with Crippen LogP contribution in [0.4, 0.5) is 5.69 Å². The molecule has 6 heteroatoms. The van der Waals surface area contributed by atoms with Gasteiger partial charge >= 0.3 is 0 Å². The summed E-state index contributed by atoms with van der Waals surface area (Å²) in [5.41, 5.74) is 1.16. The van der Waals surface area contributed by atoms with Gasteiger partial charge in [0.05, 0.1) is 0 Å². The lowest BCUT2D eigenvalue weighted by molar-refractivity contribution is -0.118. The van der Waals surface area contributed by atoms with Crippen molar-refractivity contribution in [3.63, 3.8) is 0 Å². The van der Waals surface area contributed by atoms with Gasteiger partial charge in [0.25, 0.3) is 0 Å². The van der Waals surface area contributed by atoms with E-state index < -0.39 is 0 Å². The Kier molecular flexibility index (Phi) is 4.10. The summed E-state index contributed by atoms with van der Waals surface area (Å²) in [5.74, 6) is 0.377. The number of imidazole rings is 1. The van der Waals surface area contributed by atoms with E-state index in [9.17, 15) is 4.79 Å². The number of amides is 1. The summed E-state index contributed by atoms with van der Waals surface area (Å²) in [6.45, 7) is 2.09. The van der Waals surface area contributed by atoms with Crippen LogP contribution in [0.3, 0.4) is 0 Å². The zero-order chi connectivity index (χ0) is 16.6. The zero-order valence-corrected chi connectivity index (χ0v) is 14.6. The summed E-state index contributed by atoms with van der Waals surface area (Å²) in [6, 6.07) is 8.01. The Morgan fingerprint density at radius 3 is 2.75 bits per heavy atom. The monoisotopic (exact) mass is 342 g/mol.